The normalized spacial score (nSPS) is 10.0. The van der Waals surface area contributed by atoms with E-state index in [1.165, 1.54) is 38.5 Å². The summed E-state index contributed by atoms with van der Waals surface area (Å²) in [6.07, 6.45) is 1.02. The van der Waals surface area contributed by atoms with Crippen molar-refractivity contribution in [1.29, 1.82) is 0 Å². The highest BCUT2D eigenvalue weighted by atomic mass is 16.6. The van der Waals surface area contributed by atoms with Crippen molar-refractivity contribution in [2.24, 2.45) is 0 Å². The number of anilines is 2. The SMILES string of the molecule is COc1ccc(C(=O)NNc2ncnc(NNC(=O)c3ccc(OC)cc3)c2[N+](=O)[O-])cc1. The predicted octanol–water partition coefficient (Wildman–Crippen LogP) is 1.92. The molecule has 2 aromatic carbocycles. The zero-order valence-electron chi connectivity index (χ0n) is 17.5. The molecule has 0 aliphatic carbocycles. The Morgan fingerprint density at radius 2 is 1.18 bits per heavy atom. The molecule has 0 aliphatic rings. The second kappa shape index (κ2) is 10.4. The molecule has 1 heterocycles. The van der Waals surface area contributed by atoms with E-state index in [-0.39, 0.29) is 22.8 Å². The molecule has 0 radical (unpaired) electrons. The lowest BCUT2D eigenvalue weighted by atomic mass is 10.2. The minimum atomic E-state index is -0.760. The molecule has 13 nitrogen and oxygen atoms in total. The zero-order valence-corrected chi connectivity index (χ0v) is 17.5. The van der Waals surface area contributed by atoms with Gasteiger partial charge in [0.15, 0.2) is 0 Å². The Bertz CT molecular complexity index is 1070. The summed E-state index contributed by atoms with van der Waals surface area (Å²) in [5.74, 6) is -0.575. The number of rotatable bonds is 9. The van der Waals surface area contributed by atoms with Crippen molar-refractivity contribution < 1.29 is 24.0 Å². The van der Waals surface area contributed by atoms with Gasteiger partial charge in [-0.1, -0.05) is 0 Å². The van der Waals surface area contributed by atoms with Gasteiger partial charge in [-0.2, -0.15) is 0 Å². The highest BCUT2D eigenvalue weighted by Gasteiger charge is 2.24. The molecule has 0 bridgehead atoms. The summed E-state index contributed by atoms with van der Waals surface area (Å²) in [6.45, 7) is 0. The van der Waals surface area contributed by atoms with E-state index < -0.39 is 22.4 Å². The average Bonchev–Trinajstić information content (AvgIpc) is 2.85. The first kappa shape index (κ1) is 22.7. The summed E-state index contributed by atoms with van der Waals surface area (Å²) >= 11 is 0. The number of amides is 2. The zero-order chi connectivity index (χ0) is 23.8. The van der Waals surface area contributed by atoms with Crippen molar-refractivity contribution in [3.05, 3.63) is 76.1 Å². The fraction of sp³-hybridized carbons (Fsp3) is 0.100. The van der Waals surface area contributed by atoms with Crippen LogP contribution in [-0.4, -0.2) is 40.9 Å². The Balaban J connectivity index is 1.70. The molecule has 4 N–H and O–H groups in total. The molecular formula is C20H19N7O6. The van der Waals surface area contributed by atoms with Crippen LogP contribution in [0.25, 0.3) is 0 Å². The average molecular weight is 453 g/mol. The van der Waals surface area contributed by atoms with E-state index >= 15 is 0 Å². The van der Waals surface area contributed by atoms with Gasteiger partial charge in [-0.25, -0.2) is 9.97 Å². The summed E-state index contributed by atoms with van der Waals surface area (Å²) in [4.78, 5) is 43.0. The van der Waals surface area contributed by atoms with Crippen LogP contribution in [0.5, 0.6) is 11.5 Å². The monoisotopic (exact) mass is 453 g/mol. The van der Waals surface area contributed by atoms with Crippen LogP contribution in [-0.2, 0) is 0 Å². The molecule has 0 fully saturated rings. The van der Waals surface area contributed by atoms with Gasteiger partial charge in [-0.05, 0) is 48.5 Å². The smallest absolute Gasteiger partial charge is 0.356 e. The largest absolute Gasteiger partial charge is 0.497 e. The molecule has 1 aromatic heterocycles. The van der Waals surface area contributed by atoms with E-state index in [2.05, 4.69) is 31.7 Å². The molecule has 170 valence electrons. The summed E-state index contributed by atoms with van der Waals surface area (Å²) in [5, 5.41) is 11.6. The minimum absolute atomic E-state index is 0.283. The maximum atomic E-state index is 12.3. The van der Waals surface area contributed by atoms with Crippen molar-refractivity contribution in [2.75, 3.05) is 25.1 Å². The van der Waals surface area contributed by atoms with E-state index in [1.807, 2.05) is 0 Å². The molecule has 0 unspecified atom stereocenters. The van der Waals surface area contributed by atoms with Crippen LogP contribution in [0.1, 0.15) is 20.7 Å². The first-order valence-corrected chi connectivity index (χ1v) is 9.33. The molecule has 0 aliphatic heterocycles. The fourth-order valence-corrected chi connectivity index (χ4v) is 2.60. The van der Waals surface area contributed by atoms with Gasteiger partial charge in [0.05, 0.1) is 19.1 Å². The number of hydrogen-bond donors (Lipinski definition) is 4. The van der Waals surface area contributed by atoms with Crippen molar-refractivity contribution >= 4 is 29.1 Å². The Labute approximate surface area is 187 Å². The number of hydrogen-bond acceptors (Lipinski definition) is 10. The predicted molar refractivity (Wildman–Crippen MR) is 117 cm³/mol. The molecule has 3 rings (SSSR count). The van der Waals surface area contributed by atoms with Gasteiger partial charge in [0.2, 0.25) is 11.6 Å². The molecule has 3 aromatic rings. The van der Waals surface area contributed by atoms with Crippen LogP contribution < -0.4 is 31.2 Å². The van der Waals surface area contributed by atoms with Crippen molar-refractivity contribution in [2.45, 2.75) is 0 Å². The maximum absolute atomic E-state index is 12.3. The third-order valence-electron chi connectivity index (χ3n) is 4.30. The Morgan fingerprint density at radius 1 is 0.788 bits per heavy atom. The van der Waals surface area contributed by atoms with Crippen molar-refractivity contribution in [3.63, 3.8) is 0 Å². The number of carbonyl (C=O) groups is 2. The van der Waals surface area contributed by atoms with Gasteiger partial charge < -0.3 is 9.47 Å². The van der Waals surface area contributed by atoms with E-state index in [0.717, 1.165) is 6.33 Å². The van der Waals surface area contributed by atoms with Gasteiger partial charge in [0.1, 0.15) is 17.8 Å². The number of nitro groups is 1. The maximum Gasteiger partial charge on any atom is 0.356 e. The standard InChI is InChI=1S/C20H19N7O6/c1-32-14-7-3-12(4-8-14)19(28)25-23-17-16(27(30)31)18(22-11-21-17)24-26-20(29)13-5-9-15(33-2)10-6-13/h3-11H,1-2H3,(H,25,28)(H,26,29)(H2,21,22,23,24). The van der Waals surface area contributed by atoms with Crippen LogP contribution in [0, 0.1) is 10.1 Å². The Kier molecular flexibility index (Phi) is 7.16. The van der Waals surface area contributed by atoms with Gasteiger partial charge in [-0.15, -0.1) is 0 Å². The molecule has 33 heavy (non-hydrogen) atoms. The lowest BCUT2D eigenvalue weighted by Gasteiger charge is -2.12. The number of aromatic nitrogens is 2. The van der Waals surface area contributed by atoms with Crippen LogP contribution in [0.3, 0.4) is 0 Å². The number of carbonyl (C=O) groups excluding carboxylic acids is 2. The Morgan fingerprint density at radius 3 is 1.52 bits per heavy atom. The van der Waals surface area contributed by atoms with E-state index in [4.69, 9.17) is 9.47 Å². The van der Waals surface area contributed by atoms with Crippen LogP contribution in [0.4, 0.5) is 17.3 Å². The lowest BCUT2D eigenvalue weighted by Crippen LogP contribution is -2.32. The molecular weight excluding hydrogens is 434 g/mol. The van der Waals surface area contributed by atoms with Crippen LogP contribution >= 0.6 is 0 Å². The number of ether oxygens (including phenoxy) is 2. The van der Waals surface area contributed by atoms with E-state index in [9.17, 15) is 19.7 Å². The van der Waals surface area contributed by atoms with Crippen LogP contribution in [0.15, 0.2) is 54.9 Å². The summed E-state index contributed by atoms with van der Waals surface area (Å²) in [5.41, 5.74) is 9.43. The molecule has 2 amide bonds. The number of hydrazine groups is 2. The molecule has 13 heteroatoms. The summed E-state index contributed by atoms with van der Waals surface area (Å²) in [7, 11) is 2.99. The first-order chi connectivity index (χ1) is 15.9. The second-order valence-electron chi connectivity index (χ2n) is 6.29. The van der Waals surface area contributed by atoms with E-state index in [1.54, 1.807) is 24.3 Å². The quantitative estimate of drug-likeness (QED) is 0.277. The molecule has 0 saturated carbocycles. The molecule has 0 saturated heterocycles. The highest BCUT2D eigenvalue weighted by Crippen LogP contribution is 2.28. The first-order valence-electron chi connectivity index (χ1n) is 9.33. The lowest BCUT2D eigenvalue weighted by molar-refractivity contribution is -0.383. The minimum Gasteiger partial charge on any atom is -0.497 e. The van der Waals surface area contributed by atoms with Gasteiger partial charge in [0.25, 0.3) is 11.8 Å². The topological polar surface area (TPSA) is 170 Å². The van der Waals surface area contributed by atoms with E-state index in [0.29, 0.717) is 11.5 Å². The molecule has 0 atom stereocenters. The summed E-state index contributed by atoms with van der Waals surface area (Å²) < 4.78 is 10.1. The third-order valence-corrected chi connectivity index (χ3v) is 4.30. The second-order valence-corrected chi connectivity index (χ2v) is 6.29. The fourth-order valence-electron chi connectivity index (χ4n) is 2.60. The molecule has 0 spiro atoms. The van der Waals surface area contributed by atoms with Crippen molar-refractivity contribution in [1.82, 2.24) is 20.8 Å². The third kappa shape index (κ3) is 5.61. The Hall–Kier alpha value is -4.94. The summed E-state index contributed by atoms with van der Waals surface area (Å²) in [6, 6.07) is 12.5. The number of methoxy groups -OCH3 is 2. The van der Waals surface area contributed by atoms with Crippen LogP contribution in [0.2, 0.25) is 0 Å². The number of nitrogens with zero attached hydrogens (tertiary/aromatic N) is 3. The van der Waals surface area contributed by atoms with Gasteiger partial charge in [0, 0.05) is 11.1 Å². The number of benzene rings is 2. The highest BCUT2D eigenvalue weighted by molar-refractivity contribution is 5.96. The van der Waals surface area contributed by atoms with Gasteiger partial charge >= 0.3 is 5.69 Å². The van der Waals surface area contributed by atoms with Gasteiger partial charge in [-0.3, -0.25) is 41.4 Å². The number of nitrogens with one attached hydrogen (secondary N) is 4. The van der Waals surface area contributed by atoms with Crippen molar-refractivity contribution in [3.8, 4) is 11.5 Å².